The molecule has 2 saturated heterocycles. The lowest BCUT2D eigenvalue weighted by Crippen LogP contribution is -2.53. The summed E-state index contributed by atoms with van der Waals surface area (Å²) in [5.74, 6) is 0.00523. The Kier molecular flexibility index (Phi) is 5.25. The van der Waals surface area contributed by atoms with Gasteiger partial charge in [0.1, 0.15) is 5.25 Å². The molecule has 2 heterocycles. The molecule has 7 heteroatoms. The molecule has 2 rings (SSSR count). The summed E-state index contributed by atoms with van der Waals surface area (Å²) in [7, 11) is -3.21. The summed E-state index contributed by atoms with van der Waals surface area (Å²) in [6.07, 6.45) is 2.05. The van der Waals surface area contributed by atoms with Gasteiger partial charge in [-0.2, -0.15) is 0 Å². The third kappa shape index (κ3) is 3.70. The smallest absolute Gasteiger partial charge is 0.240 e. The summed E-state index contributed by atoms with van der Waals surface area (Å²) in [5, 5.41) is 0.154. The van der Waals surface area contributed by atoms with E-state index in [-0.39, 0.29) is 11.7 Å². The van der Waals surface area contributed by atoms with Gasteiger partial charge in [-0.05, 0) is 12.8 Å². The van der Waals surface area contributed by atoms with E-state index in [0.717, 1.165) is 31.4 Å². The van der Waals surface area contributed by atoms with Gasteiger partial charge in [-0.15, -0.1) is 0 Å². The van der Waals surface area contributed by atoms with Crippen LogP contribution in [-0.2, 0) is 14.6 Å². The molecule has 2 aliphatic rings. The lowest BCUT2D eigenvalue weighted by molar-refractivity contribution is -0.132. The normalized spacial score (nSPS) is 28.3. The van der Waals surface area contributed by atoms with E-state index >= 15 is 0 Å². The quantitative estimate of drug-likeness (QED) is 0.693. The zero-order valence-corrected chi connectivity index (χ0v) is 13.5. The fourth-order valence-electron chi connectivity index (χ4n) is 2.75. The van der Waals surface area contributed by atoms with E-state index in [1.165, 1.54) is 0 Å². The van der Waals surface area contributed by atoms with E-state index in [0.29, 0.717) is 25.9 Å². The van der Waals surface area contributed by atoms with Crippen LogP contribution in [0.25, 0.3) is 0 Å². The first kappa shape index (κ1) is 15.3. The minimum Gasteiger partial charge on any atom is -0.339 e. The highest BCUT2D eigenvalue weighted by Gasteiger charge is 2.38. The van der Waals surface area contributed by atoms with Crippen LogP contribution in [0.15, 0.2) is 0 Å². The Bertz CT molecular complexity index is 419. The van der Waals surface area contributed by atoms with Gasteiger partial charge in [-0.25, -0.2) is 8.42 Å². The first-order valence-electron chi connectivity index (χ1n) is 6.83. The van der Waals surface area contributed by atoms with Crippen LogP contribution in [0.2, 0.25) is 0 Å². The number of sulfone groups is 1. The number of rotatable bonds is 3. The molecule has 1 amide bonds. The lowest BCUT2D eigenvalue weighted by Gasteiger charge is -2.36. The van der Waals surface area contributed by atoms with Crippen LogP contribution in [0.5, 0.6) is 0 Å². The Hall–Kier alpha value is -0.140. The summed E-state index contributed by atoms with van der Waals surface area (Å²) >= 11 is 3.40. The fourth-order valence-corrected chi connectivity index (χ4v) is 5.12. The number of piperazine rings is 1. The van der Waals surface area contributed by atoms with Crippen molar-refractivity contribution in [1.29, 1.82) is 0 Å². The van der Waals surface area contributed by atoms with Crippen LogP contribution in [0.3, 0.4) is 0 Å². The number of alkyl halides is 1. The van der Waals surface area contributed by atoms with E-state index in [2.05, 4.69) is 20.8 Å². The molecule has 0 aromatic rings. The van der Waals surface area contributed by atoms with Crippen molar-refractivity contribution in [1.82, 2.24) is 9.80 Å². The zero-order valence-electron chi connectivity index (χ0n) is 11.1. The molecule has 0 aromatic heterocycles. The fraction of sp³-hybridized carbons (Fsp3) is 0.917. The van der Waals surface area contributed by atoms with E-state index in [1.807, 2.05) is 0 Å². The molecule has 0 saturated carbocycles. The molecular formula is C12H21BrN2O3S. The summed E-state index contributed by atoms with van der Waals surface area (Å²) in [6.45, 7) is 3.95. The number of halogens is 1. The largest absolute Gasteiger partial charge is 0.339 e. The molecular weight excluding hydrogens is 332 g/mol. The molecule has 2 fully saturated rings. The topological polar surface area (TPSA) is 57.7 Å². The Morgan fingerprint density at radius 2 is 1.84 bits per heavy atom. The lowest BCUT2D eigenvalue weighted by atomic mass is 10.1. The summed E-state index contributed by atoms with van der Waals surface area (Å²) in [4.78, 5) is 16.4. The van der Waals surface area contributed by atoms with Gasteiger partial charge in [-0.1, -0.05) is 22.4 Å². The third-order valence-corrected chi connectivity index (χ3v) is 6.46. The second kappa shape index (κ2) is 6.54. The van der Waals surface area contributed by atoms with E-state index in [4.69, 9.17) is 0 Å². The molecule has 0 aliphatic carbocycles. The van der Waals surface area contributed by atoms with Crippen molar-refractivity contribution in [3.8, 4) is 0 Å². The first-order valence-corrected chi connectivity index (χ1v) is 9.67. The Morgan fingerprint density at radius 1 is 1.16 bits per heavy atom. The minimum atomic E-state index is -3.21. The van der Waals surface area contributed by atoms with Crippen molar-refractivity contribution >= 4 is 31.7 Å². The number of amides is 1. The zero-order chi connectivity index (χ0) is 13.9. The van der Waals surface area contributed by atoms with Gasteiger partial charge in [0, 0.05) is 38.1 Å². The predicted octanol–water partition coefficient (Wildman–Crippen LogP) is 0.493. The van der Waals surface area contributed by atoms with Crippen LogP contribution in [0, 0.1) is 0 Å². The highest BCUT2D eigenvalue weighted by Crippen LogP contribution is 2.22. The van der Waals surface area contributed by atoms with Crippen molar-refractivity contribution < 1.29 is 13.2 Å². The van der Waals surface area contributed by atoms with Gasteiger partial charge < -0.3 is 4.90 Å². The van der Waals surface area contributed by atoms with Gasteiger partial charge in [0.05, 0.1) is 5.75 Å². The minimum absolute atomic E-state index is 0.168. The number of hydrogen-bond acceptors (Lipinski definition) is 4. The van der Waals surface area contributed by atoms with Crippen molar-refractivity contribution in [2.45, 2.75) is 24.5 Å². The highest BCUT2D eigenvalue weighted by molar-refractivity contribution is 9.09. The number of hydrogen-bond donors (Lipinski definition) is 0. The summed E-state index contributed by atoms with van der Waals surface area (Å²) in [6, 6.07) is 0. The molecule has 0 N–H and O–H groups in total. The van der Waals surface area contributed by atoms with Crippen LogP contribution in [0.4, 0.5) is 0 Å². The van der Waals surface area contributed by atoms with E-state index in [1.54, 1.807) is 4.90 Å². The average molecular weight is 353 g/mol. The van der Waals surface area contributed by atoms with Crippen molar-refractivity contribution in [3.63, 3.8) is 0 Å². The van der Waals surface area contributed by atoms with E-state index in [9.17, 15) is 13.2 Å². The Morgan fingerprint density at radius 3 is 2.42 bits per heavy atom. The van der Waals surface area contributed by atoms with Crippen LogP contribution in [-0.4, -0.2) is 73.2 Å². The van der Waals surface area contributed by atoms with Crippen LogP contribution < -0.4 is 0 Å². The van der Waals surface area contributed by atoms with Crippen molar-refractivity contribution in [3.05, 3.63) is 0 Å². The number of nitrogens with zero attached hydrogens (tertiary/aromatic N) is 2. The number of carbonyl (C=O) groups excluding carboxylic acids is 1. The monoisotopic (exact) mass is 352 g/mol. The maximum atomic E-state index is 12.4. The molecule has 1 atom stereocenters. The molecule has 2 aliphatic heterocycles. The maximum absolute atomic E-state index is 12.4. The van der Waals surface area contributed by atoms with Gasteiger partial charge in [0.15, 0.2) is 9.84 Å². The first-order chi connectivity index (χ1) is 9.04. The molecule has 1 unspecified atom stereocenters. The molecule has 5 nitrogen and oxygen atoms in total. The third-order valence-electron chi connectivity index (χ3n) is 3.94. The molecule has 19 heavy (non-hydrogen) atoms. The molecule has 0 bridgehead atoms. The molecule has 0 radical (unpaired) electrons. The molecule has 110 valence electrons. The standard InChI is InChI=1S/C12H21BrN2O3S/c13-4-5-14-6-8-15(9-7-14)12(16)11-3-1-2-10-19(11,17)18/h11H,1-10H2. The summed E-state index contributed by atoms with van der Waals surface area (Å²) < 4.78 is 23.9. The van der Waals surface area contributed by atoms with Gasteiger partial charge in [-0.3, -0.25) is 9.69 Å². The Balaban J connectivity index is 1.94. The highest BCUT2D eigenvalue weighted by atomic mass is 79.9. The van der Waals surface area contributed by atoms with Crippen molar-refractivity contribution in [2.75, 3.05) is 43.8 Å². The predicted molar refractivity (Wildman–Crippen MR) is 78.2 cm³/mol. The van der Waals surface area contributed by atoms with Crippen LogP contribution >= 0.6 is 15.9 Å². The van der Waals surface area contributed by atoms with Crippen molar-refractivity contribution in [2.24, 2.45) is 0 Å². The van der Waals surface area contributed by atoms with Gasteiger partial charge in [0.2, 0.25) is 5.91 Å². The maximum Gasteiger partial charge on any atom is 0.240 e. The summed E-state index contributed by atoms with van der Waals surface area (Å²) in [5.41, 5.74) is 0. The van der Waals surface area contributed by atoms with Crippen LogP contribution in [0.1, 0.15) is 19.3 Å². The SMILES string of the molecule is O=C(C1CCCCS1(=O)=O)N1CCN(CCBr)CC1. The molecule has 0 aromatic carbocycles. The van der Waals surface area contributed by atoms with Gasteiger partial charge >= 0.3 is 0 Å². The number of carbonyl (C=O) groups is 1. The second-order valence-corrected chi connectivity index (χ2v) is 8.30. The van der Waals surface area contributed by atoms with Gasteiger partial charge in [0.25, 0.3) is 0 Å². The average Bonchev–Trinajstić information content (AvgIpc) is 2.39. The Labute approximate surface area is 123 Å². The second-order valence-electron chi connectivity index (χ2n) is 5.21. The van der Waals surface area contributed by atoms with E-state index < -0.39 is 15.1 Å². The molecule has 0 spiro atoms.